The number of benzene rings is 1. The quantitative estimate of drug-likeness (QED) is 0.552. The third-order valence-electron chi connectivity index (χ3n) is 2.73. The summed E-state index contributed by atoms with van der Waals surface area (Å²) in [5.41, 5.74) is 7.47. The maximum atomic E-state index is 6.24. The van der Waals surface area contributed by atoms with E-state index in [1.807, 2.05) is 30.3 Å². The van der Waals surface area contributed by atoms with Crippen molar-refractivity contribution in [3.8, 4) is 21.8 Å². The highest BCUT2D eigenvalue weighted by Gasteiger charge is 2.21. The Morgan fingerprint density at radius 3 is 2.65 bits per heavy atom. The van der Waals surface area contributed by atoms with Gasteiger partial charge in [-0.25, -0.2) is 0 Å². The number of aromatic nitrogens is 1. The van der Waals surface area contributed by atoms with Gasteiger partial charge < -0.3 is 10.3 Å². The van der Waals surface area contributed by atoms with Crippen LogP contribution in [0.1, 0.15) is 0 Å². The topological polar surface area (TPSA) is 52.0 Å². The number of halogens is 3. The van der Waals surface area contributed by atoms with Gasteiger partial charge in [-0.15, -0.1) is 11.3 Å². The van der Waals surface area contributed by atoms with Gasteiger partial charge in [0, 0.05) is 15.1 Å². The first kappa shape index (κ1) is 14.1. The highest BCUT2D eigenvalue weighted by Crippen LogP contribution is 2.45. The summed E-state index contributed by atoms with van der Waals surface area (Å²) in [4.78, 5) is 0.919. The van der Waals surface area contributed by atoms with Crippen molar-refractivity contribution in [2.75, 3.05) is 5.73 Å². The lowest BCUT2D eigenvalue weighted by atomic mass is 10.1. The minimum atomic E-state index is 0.328. The van der Waals surface area contributed by atoms with Crippen molar-refractivity contribution in [2.45, 2.75) is 0 Å². The van der Waals surface area contributed by atoms with Gasteiger partial charge in [-0.3, -0.25) is 0 Å². The third kappa shape index (κ3) is 2.41. The molecule has 0 bridgehead atoms. The summed E-state index contributed by atoms with van der Waals surface area (Å²) in [6.45, 7) is 0. The van der Waals surface area contributed by atoms with Gasteiger partial charge in [0.2, 0.25) is 0 Å². The van der Waals surface area contributed by atoms with Gasteiger partial charge in [-0.05, 0) is 44.0 Å². The lowest BCUT2D eigenvalue weighted by Gasteiger charge is -2.03. The first-order chi connectivity index (χ1) is 9.58. The molecule has 0 unspecified atom stereocenters. The average Bonchev–Trinajstić information content (AvgIpc) is 2.94. The molecule has 2 heterocycles. The Morgan fingerprint density at radius 2 is 2.00 bits per heavy atom. The molecule has 3 rings (SSSR count). The summed E-state index contributed by atoms with van der Waals surface area (Å²) < 4.78 is 7.33. The van der Waals surface area contributed by atoms with Crippen LogP contribution >= 0.6 is 54.8 Å². The van der Waals surface area contributed by atoms with Crippen LogP contribution in [0, 0.1) is 0 Å². The smallest absolute Gasteiger partial charge is 0.186 e. The van der Waals surface area contributed by atoms with Crippen molar-refractivity contribution in [3.63, 3.8) is 0 Å². The van der Waals surface area contributed by atoms with Crippen molar-refractivity contribution < 1.29 is 4.52 Å². The van der Waals surface area contributed by atoms with Gasteiger partial charge in [0.25, 0.3) is 0 Å². The van der Waals surface area contributed by atoms with Gasteiger partial charge in [0.15, 0.2) is 11.6 Å². The summed E-state index contributed by atoms with van der Waals surface area (Å²) in [6.07, 6.45) is 0. The number of rotatable bonds is 2. The zero-order chi connectivity index (χ0) is 14.3. The maximum Gasteiger partial charge on any atom is 0.186 e. The SMILES string of the molecule is Nc1noc(-c2cc(Br)c(Br)s2)c1-c1ccccc1Cl. The molecular weight excluding hydrogens is 427 g/mol. The predicted octanol–water partition coefficient (Wildman–Crippen LogP) is 5.83. The molecule has 3 aromatic rings. The number of hydrogen-bond acceptors (Lipinski definition) is 4. The minimum Gasteiger partial charge on any atom is -0.380 e. The summed E-state index contributed by atoms with van der Waals surface area (Å²) in [5.74, 6) is 0.945. The van der Waals surface area contributed by atoms with Crippen LogP contribution in [0.2, 0.25) is 5.02 Å². The fraction of sp³-hybridized carbons (Fsp3) is 0. The van der Waals surface area contributed by atoms with Gasteiger partial charge in [0.1, 0.15) is 0 Å². The molecule has 0 fully saturated rings. The van der Waals surface area contributed by atoms with Crippen LogP contribution in [-0.2, 0) is 0 Å². The molecule has 1 aromatic carbocycles. The van der Waals surface area contributed by atoms with Crippen molar-refractivity contribution in [1.82, 2.24) is 5.16 Å². The molecule has 0 spiro atoms. The zero-order valence-corrected chi connectivity index (χ0v) is 14.6. The highest BCUT2D eigenvalue weighted by molar-refractivity contribution is 9.13. The van der Waals surface area contributed by atoms with Crippen molar-refractivity contribution in [3.05, 3.63) is 43.6 Å². The number of nitrogens with zero attached hydrogens (tertiary/aromatic N) is 1. The molecule has 2 aromatic heterocycles. The molecule has 0 saturated heterocycles. The van der Waals surface area contributed by atoms with Crippen LogP contribution < -0.4 is 5.73 Å². The lowest BCUT2D eigenvalue weighted by molar-refractivity contribution is 0.437. The van der Waals surface area contributed by atoms with E-state index >= 15 is 0 Å². The van der Waals surface area contributed by atoms with Crippen LogP contribution in [-0.4, -0.2) is 5.16 Å². The van der Waals surface area contributed by atoms with Gasteiger partial charge >= 0.3 is 0 Å². The first-order valence-electron chi connectivity index (χ1n) is 5.53. The van der Waals surface area contributed by atoms with E-state index in [1.54, 1.807) is 0 Å². The Labute approximate surface area is 141 Å². The molecule has 7 heteroatoms. The largest absolute Gasteiger partial charge is 0.380 e. The van der Waals surface area contributed by atoms with Crippen LogP contribution in [0.5, 0.6) is 0 Å². The molecule has 0 aliphatic heterocycles. The van der Waals surface area contributed by atoms with Gasteiger partial charge in [-0.1, -0.05) is 35.0 Å². The first-order valence-corrected chi connectivity index (χ1v) is 8.31. The van der Waals surface area contributed by atoms with Crippen molar-refractivity contribution >= 4 is 60.6 Å². The maximum absolute atomic E-state index is 6.24. The van der Waals surface area contributed by atoms with E-state index < -0.39 is 0 Å². The number of hydrogen-bond donors (Lipinski definition) is 1. The van der Waals surface area contributed by atoms with E-state index in [2.05, 4.69) is 37.0 Å². The number of nitrogen functional groups attached to an aromatic ring is 1. The molecule has 2 N–H and O–H groups in total. The van der Waals surface area contributed by atoms with E-state index in [4.69, 9.17) is 21.9 Å². The normalized spacial score (nSPS) is 10.9. The predicted molar refractivity (Wildman–Crippen MR) is 90.1 cm³/mol. The van der Waals surface area contributed by atoms with Crippen molar-refractivity contribution in [2.24, 2.45) is 0 Å². The van der Waals surface area contributed by atoms with E-state index in [0.717, 1.165) is 24.3 Å². The molecule has 0 aliphatic rings. The van der Waals surface area contributed by atoms with E-state index in [-0.39, 0.29) is 0 Å². The summed E-state index contributed by atoms with van der Waals surface area (Å²) in [6, 6.07) is 9.43. The average molecular weight is 435 g/mol. The molecule has 3 nitrogen and oxygen atoms in total. The standard InChI is InChI=1S/C13H7Br2ClN2OS/c14-7-5-9(20-12(7)15)11-10(13(17)18-19-11)6-3-1-2-4-8(6)16/h1-5H,(H2,17,18). The summed E-state index contributed by atoms with van der Waals surface area (Å²) in [5, 5.41) is 4.48. The second kappa shape index (κ2) is 5.52. The van der Waals surface area contributed by atoms with Crippen LogP contribution in [0.15, 0.2) is 43.1 Å². The van der Waals surface area contributed by atoms with E-state index in [0.29, 0.717) is 16.6 Å². The van der Waals surface area contributed by atoms with Crippen LogP contribution in [0.25, 0.3) is 21.8 Å². The molecule has 20 heavy (non-hydrogen) atoms. The minimum absolute atomic E-state index is 0.328. The molecular formula is C13H7Br2ClN2OS. The zero-order valence-electron chi connectivity index (χ0n) is 9.86. The Kier molecular flexibility index (Phi) is 3.90. The van der Waals surface area contributed by atoms with Gasteiger partial charge in [0.05, 0.1) is 14.2 Å². The summed E-state index contributed by atoms with van der Waals surface area (Å²) >= 11 is 14.7. The van der Waals surface area contributed by atoms with E-state index in [9.17, 15) is 0 Å². The summed E-state index contributed by atoms with van der Waals surface area (Å²) in [7, 11) is 0. The molecule has 0 amide bonds. The molecule has 0 aliphatic carbocycles. The highest BCUT2D eigenvalue weighted by atomic mass is 79.9. The van der Waals surface area contributed by atoms with Gasteiger partial charge in [-0.2, -0.15) is 0 Å². The Bertz CT molecular complexity index is 765. The Morgan fingerprint density at radius 1 is 1.25 bits per heavy atom. The van der Waals surface area contributed by atoms with E-state index in [1.165, 1.54) is 11.3 Å². The second-order valence-corrected chi connectivity index (χ2v) is 7.62. The van der Waals surface area contributed by atoms with Crippen LogP contribution in [0.4, 0.5) is 5.82 Å². The fourth-order valence-corrected chi connectivity index (χ4v) is 4.10. The second-order valence-electron chi connectivity index (χ2n) is 3.98. The molecule has 0 saturated carbocycles. The molecule has 102 valence electrons. The number of anilines is 1. The third-order valence-corrected chi connectivity index (χ3v) is 6.32. The lowest BCUT2D eigenvalue weighted by Crippen LogP contribution is -1.89. The van der Waals surface area contributed by atoms with Crippen molar-refractivity contribution in [1.29, 1.82) is 0 Å². The molecule has 0 atom stereocenters. The Hall–Kier alpha value is -0.820. The number of nitrogens with two attached hydrogens (primary N) is 1. The monoisotopic (exact) mass is 432 g/mol. The number of thiophene rings is 1. The van der Waals surface area contributed by atoms with Crippen LogP contribution in [0.3, 0.4) is 0 Å². The Balaban J connectivity index is 2.23. The molecule has 0 radical (unpaired) electrons. The fourth-order valence-electron chi connectivity index (χ4n) is 1.85.